The summed E-state index contributed by atoms with van der Waals surface area (Å²) in [5, 5.41) is 11.7. The zero-order valence-corrected chi connectivity index (χ0v) is 35.7. The van der Waals surface area contributed by atoms with Gasteiger partial charge in [0.2, 0.25) is 0 Å². The molecule has 0 fully saturated rings. The highest BCUT2D eigenvalue weighted by molar-refractivity contribution is 6.20. The van der Waals surface area contributed by atoms with Crippen molar-refractivity contribution in [1.82, 2.24) is 19.1 Å². The second kappa shape index (κ2) is 14.3. The Labute approximate surface area is 379 Å². The van der Waals surface area contributed by atoms with Crippen LogP contribution in [0.4, 0.5) is 0 Å². The fourth-order valence-electron chi connectivity index (χ4n) is 10.6. The lowest BCUT2D eigenvalue weighted by Gasteiger charge is -2.17. The van der Waals surface area contributed by atoms with Gasteiger partial charge in [-0.05, 0) is 87.9 Å². The van der Waals surface area contributed by atoms with Gasteiger partial charge >= 0.3 is 0 Å². The quantitative estimate of drug-likeness (QED) is 0.162. The van der Waals surface area contributed by atoms with E-state index in [1.807, 2.05) is 0 Å². The predicted molar refractivity (Wildman–Crippen MR) is 277 cm³/mol. The van der Waals surface area contributed by atoms with Crippen LogP contribution in [0, 0.1) is 0 Å². The van der Waals surface area contributed by atoms with Gasteiger partial charge in [0.15, 0.2) is 0 Å². The van der Waals surface area contributed by atoms with Gasteiger partial charge in [0.1, 0.15) is 0 Å². The average molecular weight is 839 g/mol. The molecule has 0 saturated carbocycles. The molecular formula is C62H38N4. The van der Waals surface area contributed by atoms with Crippen LogP contribution in [-0.2, 0) is 0 Å². The lowest BCUT2D eigenvalue weighted by atomic mass is 9.95. The Kier molecular flexibility index (Phi) is 7.95. The number of hydrogen-bond donors (Lipinski definition) is 0. The molecule has 0 spiro atoms. The van der Waals surface area contributed by atoms with Gasteiger partial charge in [-0.3, -0.25) is 0 Å². The maximum Gasteiger partial charge on any atom is 0.0810 e. The SMILES string of the molecule is c1ccc(-c2nc3cc(-c4cc(-n5c6ccccc6c6ccccc65)cc(-n5c6ccccc6c6ccccc65)c4)ccc3c3ccc4ccc(-c5ccc6ccccc6c5)nc4c23)cc1. The van der Waals surface area contributed by atoms with Crippen molar-refractivity contribution in [1.29, 1.82) is 0 Å². The number of aromatic nitrogens is 4. The first-order valence-electron chi connectivity index (χ1n) is 22.6. The van der Waals surface area contributed by atoms with Gasteiger partial charge in [-0.2, -0.15) is 0 Å². The summed E-state index contributed by atoms with van der Waals surface area (Å²) in [4.78, 5) is 11.1. The molecule has 0 radical (unpaired) electrons. The molecule has 4 heterocycles. The number of benzene rings is 10. The number of hydrogen-bond acceptors (Lipinski definition) is 2. The van der Waals surface area contributed by atoms with Crippen LogP contribution in [0.25, 0.3) is 132 Å². The van der Waals surface area contributed by atoms with Gasteiger partial charge in [-0.1, -0.05) is 170 Å². The highest BCUT2D eigenvalue weighted by atomic mass is 15.0. The molecule has 14 rings (SSSR count). The molecule has 0 aliphatic heterocycles. The van der Waals surface area contributed by atoms with Crippen LogP contribution >= 0.6 is 0 Å². The van der Waals surface area contributed by atoms with Crippen LogP contribution in [0.2, 0.25) is 0 Å². The van der Waals surface area contributed by atoms with E-state index in [4.69, 9.17) is 9.97 Å². The van der Waals surface area contributed by atoms with Gasteiger partial charge in [0, 0.05) is 60.2 Å². The highest BCUT2D eigenvalue weighted by Gasteiger charge is 2.20. The second-order valence-corrected chi connectivity index (χ2v) is 17.4. The summed E-state index contributed by atoms with van der Waals surface area (Å²) in [6, 6.07) is 83.4. The number of fused-ring (bicyclic) bond motifs is 12. The molecule has 0 saturated heterocycles. The fraction of sp³-hybridized carbons (Fsp3) is 0. The minimum Gasteiger partial charge on any atom is -0.309 e. The van der Waals surface area contributed by atoms with Gasteiger partial charge in [-0.15, -0.1) is 0 Å². The summed E-state index contributed by atoms with van der Waals surface area (Å²) in [5.41, 5.74) is 15.0. The van der Waals surface area contributed by atoms with Crippen molar-refractivity contribution in [2.45, 2.75) is 0 Å². The monoisotopic (exact) mass is 838 g/mol. The molecule has 4 aromatic heterocycles. The number of nitrogens with zero attached hydrogens (tertiary/aromatic N) is 4. The van der Waals surface area contributed by atoms with Crippen molar-refractivity contribution in [3.05, 3.63) is 231 Å². The molecule has 4 heteroatoms. The molecule has 14 aromatic rings. The first-order chi connectivity index (χ1) is 32.7. The van der Waals surface area contributed by atoms with Gasteiger partial charge < -0.3 is 9.13 Å². The van der Waals surface area contributed by atoms with Crippen molar-refractivity contribution < 1.29 is 0 Å². The first kappa shape index (κ1) is 36.6. The Balaban J connectivity index is 1.02. The van der Waals surface area contributed by atoms with E-state index in [1.165, 1.54) is 54.4 Å². The minimum atomic E-state index is 0.925. The van der Waals surface area contributed by atoms with Crippen LogP contribution in [0.15, 0.2) is 231 Å². The van der Waals surface area contributed by atoms with E-state index >= 15 is 0 Å². The minimum absolute atomic E-state index is 0.925. The smallest absolute Gasteiger partial charge is 0.0810 e. The fourth-order valence-corrected chi connectivity index (χ4v) is 10.6. The third-order valence-corrected chi connectivity index (χ3v) is 13.6. The third-order valence-electron chi connectivity index (χ3n) is 13.6. The van der Waals surface area contributed by atoms with Crippen LogP contribution in [0.5, 0.6) is 0 Å². The maximum atomic E-state index is 5.61. The molecular weight excluding hydrogens is 801 g/mol. The second-order valence-electron chi connectivity index (χ2n) is 17.4. The van der Waals surface area contributed by atoms with E-state index < -0.39 is 0 Å². The molecule has 0 amide bonds. The highest BCUT2D eigenvalue weighted by Crippen LogP contribution is 2.41. The van der Waals surface area contributed by atoms with Crippen LogP contribution in [0.3, 0.4) is 0 Å². The van der Waals surface area contributed by atoms with Crippen molar-refractivity contribution >= 4 is 87.0 Å². The lowest BCUT2D eigenvalue weighted by Crippen LogP contribution is -2.00. The summed E-state index contributed by atoms with van der Waals surface area (Å²) in [6.45, 7) is 0. The van der Waals surface area contributed by atoms with E-state index in [2.05, 4.69) is 240 Å². The standard InChI is InChI=1S/C62H38N4/c1-2-15-40(16-3-1)61-60-53(32-28-41-30-33-54(63-62(41)60)44-27-26-39-14-4-5-17-42(39)34-44)48-31-29-43(37-55(48)64-61)45-35-46(65-56-22-10-6-18-49(56)50-19-7-11-23-57(50)65)38-47(36-45)66-58-24-12-8-20-51(58)52-21-9-13-25-59(52)66/h1-38H. The molecule has 0 atom stereocenters. The molecule has 0 N–H and O–H groups in total. The summed E-state index contributed by atoms with van der Waals surface area (Å²) in [6.07, 6.45) is 0. The molecule has 306 valence electrons. The van der Waals surface area contributed by atoms with Crippen molar-refractivity contribution in [3.63, 3.8) is 0 Å². The number of para-hydroxylation sites is 4. The van der Waals surface area contributed by atoms with E-state index in [0.29, 0.717) is 0 Å². The van der Waals surface area contributed by atoms with Crippen molar-refractivity contribution in [2.75, 3.05) is 0 Å². The summed E-state index contributed by atoms with van der Waals surface area (Å²) >= 11 is 0. The molecule has 0 bridgehead atoms. The van der Waals surface area contributed by atoms with E-state index in [1.54, 1.807) is 0 Å². The van der Waals surface area contributed by atoms with Crippen molar-refractivity contribution in [3.8, 4) is 45.0 Å². The maximum absolute atomic E-state index is 5.61. The summed E-state index contributed by atoms with van der Waals surface area (Å²) < 4.78 is 4.85. The molecule has 0 unspecified atom stereocenters. The van der Waals surface area contributed by atoms with Crippen LogP contribution < -0.4 is 0 Å². The van der Waals surface area contributed by atoms with E-state index in [9.17, 15) is 0 Å². The van der Waals surface area contributed by atoms with Gasteiger partial charge in [0.25, 0.3) is 0 Å². The predicted octanol–water partition coefficient (Wildman–Crippen LogP) is 16.3. The van der Waals surface area contributed by atoms with Crippen LogP contribution in [0.1, 0.15) is 0 Å². The molecule has 0 aliphatic carbocycles. The third kappa shape index (κ3) is 5.58. The Hall–Kier alpha value is -8.86. The molecule has 0 aliphatic rings. The Bertz CT molecular complexity index is 4050. The summed E-state index contributed by atoms with van der Waals surface area (Å²) in [7, 11) is 0. The zero-order chi connectivity index (χ0) is 43.3. The van der Waals surface area contributed by atoms with Gasteiger partial charge in [-0.25, -0.2) is 9.97 Å². The molecule has 4 nitrogen and oxygen atoms in total. The normalized spacial score (nSPS) is 11.9. The molecule has 10 aromatic carbocycles. The topological polar surface area (TPSA) is 35.6 Å². The zero-order valence-electron chi connectivity index (χ0n) is 35.7. The first-order valence-corrected chi connectivity index (χ1v) is 22.6. The molecule has 66 heavy (non-hydrogen) atoms. The average Bonchev–Trinajstić information content (AvgIpc) is 3.91. The van der Waals surface area contributed by atoms with E-state index in [-0.39, 0.29) is 0 Å². The largest absolute Gasteiger partial charge is 0.309 e. The Morgan fingerprint density at radius 1 is 0.288 bits per heavy atom. The summed E-state index contributed by atoms with van der Waals surface area (Å²) in [5.74, 6) is 0. The Morgan fingerprint density at radius 3 is 1.44 bits per heavy atom. The Morgan fingerprint density at radius 2 is 0.803 bits per heavy atom. The lowest BCUT2D eigenvalue weighted by molar-refractivity contribution is 1.13. The van der Waals surface area contributed by atoms with Crippen molar-refractivity contribution in [2.24, 2.45) is 0 Å². The van der Waals surface area contributed by atoms with Crippen LogP contribution in [-0.4, -0.2) is 19.1 Å². The van der Waals surface area contributed by atoms with E-state index in [0.717, 1.165) is 77.6 Å². The number of rotatable bonds is 5. The number of pyridine rings is 2. The van der Waals surface area contributed by atoms with Gasteiger partial charge in [0.05, 0.1) is 44.5 Å².